The van der Waals surface area contributed by atoms with Crippen molar-refractivity contribution in [3.8, 4) is 0 Å². The number of nitrogens with zero attached hydrogens (tertiary/aromatic N) is 4. The van der Waals surface area contributed by atoms with E-state index in [1.54, 1.807) is 17.7 Å². The molecule has 0 aromatic carbocycles. The molecule has 0 aliphatic carbocycles. The van der Waals surface area contributed by atoms with E-state index in [-0.39, 0.29) is 6.04 Å². The van der Waals surface area contributed by atoms with E-state index in [1.807, 2.05) is 6.07 Å². The van der Waals surface area contributed by atoms with Gasteiger partial charge in [0.25, 0.3) is 0 Å². The van der Waals surface area contributed by atoms with E-state index in [4.69, 9.17) is 17.3 Å². The van der Waals surface area contributed by atoms with Crippen molar-refractivity contribution >= 4 is 22.9 Å². The average Bonchev–Trinajstić information content (AvgIpc) is 2.99. The van der Waals surface area contributed by atoms with Gasteiger partial charge in [0.15, 0.2) is 0 Å². The van der Waals surface area contributed by atoms with Crippen LogP contribution in [0.3, 0.4) is 0 Å². The van der Waals surface area contributed by atoms with Crippen molar-refractivity contribution in [3.05, 3.63) is 33.5 Å². The van der Waals surface area contributed by atoms with Gasteiger partial charge in [0.1, 0.15) is 12.2 Å². The molecule has 2 aromatic rings. The molecule has 3 heterocycles. The van der Waals surface area contributed by atoms with Crippen molar-refractivity contribution < 1.29 is 0 Å². The van der Waals surface area contributed by atoms with Gasteiger partial charge < -0.3 is 10.3 Å². The molecule has 18 heavy (non-hydrogen) atoms. The van der Waals surface area contributed by atoms with E-state index in [0.717, 1.165) is 29.8 Å². The van der Waals surface area contributed by atoms with Crippen molar-refractivity contribution in [2.75, 3.05) is 13.1 Å². The lowest BCUT2D eigenvalue weighted by molar-refractivity contribution is 0.158. The Balaban J connectivity index is 1.82. The first-order chi connectivity index (χ1) is 8.78. The maximum absolute atomic E-state index is 6.00. The quantitative estimate of drug-likeness (QED) is 0.928. The first kappa shape index (κ1) is 12.1. The lowest BCUT2D eigenvalue weighted by Gasteiger charge is -2.33. The smallest absolute Gasteiger partial charge is 0.147 e. The van der Waals surface area contributed by atoms with E-state index in [1.165, 1.54) is 4.88 Å². The largest absolute Gasteiger partial charge is 0.329 e. The van der Waals surface area contributed by atoms with Crippen LogP contribution < -0.4 is 5.73 Å². The summed E-state index contributed by atoms with van der Waals surface area (Å²) in [6.07, 6.45) is 1.78. The van der Waals surface area contributed by atoms with Gasteiger partial charge in [-0.3, -0.25) is 4.90 Å². The molecule has 0 amide bonds. The first-order valence-corrected chi connectivity index (χ1v) is 7.03. The summed E-state index contributed by atoms with van der Waals surface area (Å²) in [6, 6.07) is 4.20. The Kier molecular flexibility index (Phi) is 3.34. The lowest BCUT2D eigenvalue weighted by Crippen LogP contribution is -2.39. The van der Waals surface area contributed by atoms with Crippen LogP contribution >= 0.6 is 22.9 Å². The highest BCUT2D eigenvalue weighted by molar-refractivity contribution is 7.16. The van der Waals surface area contributed by atoms with Gasteiger partial charge in [-0.1, -0.05) is 11.6 Å². The van der Waals surface area contributed by atoms with Crippen LogP contribution in [0.5, 0.6) is 0 Å². The fraction of sp³-hybridized carbons (Fsp3) is 0.455. The van der Waals surface area contributed by atoms with Gasteiger partial charge in [-0.15, -0.1) is 21.5 Å². The Morgan fingerprint density at radius 1 is 1.44 bits per heavy atom. The summed E-state index contributed by atoms with van der Waals surface area (Å²) in [5.74, 6) is 1.00. The van der Waals surface area contributed by atoms with Crippen LogP contribution in [0.1, 0.15) is 16.7 Å². The van der Waals surface area contributed by atoms with Crippen LogP contribution in [-0.4, -0.2) is 32.8 Å². The van der Waals surface area contributed by atoms with Gasteiger partial charge in [0, 0.05) is 24.5 Å². The standard InChI is InChI=1S/C11H14ClN5S/c12-10-2-1-9(18-10)8(5-13)16-3-4-17-7-14-15-11(17)6-16/h1-2,7-8H,3-6,13H2. The molecule has 1 unspecified atom stereocenters. The summed E-state index contributed by atoms with van der Waals surface area (Å²) in [4.78, 5) is 3.56. The second-order valence-electron chi connectivity index (χ2n) is 4.30. The zero-order valence-electron chi connectivity index (χ0n) is 9.79. The summed E-state index contributed by atoms with van der Waals surface area (Å²) in [6.45, 7) is 3.25. The van der Waals surface area contributed by atoms with E-state index in [2.05, 4.69) is 25.7 Å². The molecule has 7 heteroatoms. The van der Waals surface area contributed by atoms with Crippen LogP contribution in [0.2, 0.25) is 4.34 Å². The molecule has 0 bridgehead atoms. The van der Waals surface area contributed by atoms with E-state index >= 15 is 0 Å². The van der Waals surface area contributed by atoms with Crippen LogP contribution in [0.4, 0.5) is 0 Å². The van der Waals surface area contributed by atoms with Gasteiger partial charge in [-0.2, -0.15) is 0 Å². The lowest BCUT2D eigenvalue weighted by atomic mass is 10.2. The molecule has 5 nitrogen and oxygen atoms in total. The van der Waals surface area contributed by atoms with Crippen LogP contribution in [0.25, 0.3) is 0 Å². The van der Waals surface area contributed by atoms with Crippen molar-refractivity contribution in [1.82, 2.24) is 19.7 Å². The Hall–Kier alpha value is -0.950. The van der Waals surface area contributed by atoms with Gasteiger partial charge in [0.05, 0.1) is 16.9 Å². The Morgan fingerprint density at radius 2 is 2.33 bits per heavy atom. The van der Waals surface area contributed by atoms with Gasteiger partial charge >= 0.3 is 0 Å². The minimum absolute atomic E-state index is 0.216. The van der Waals surface area contributed by atoms with Gasteiger partial charge in [-0.05, 0) is 12.1 Å². The Labute approximate surface area is 114 Å². The number of rotatable bonds is 3. The molecule has 1 atom stereocenters. The highest BCUT2D eigenvalue weighted by Gasteiger charge is 2.25. The third kappa shape index (κ3) is 2.16. The zero-order chi connectivity index (χ0) is 12.5. The van der Waals surface area contributed by atoms with Crippen LogP contribution in [0.15, 0.2) is 18.5 Å². The minimum Gasteiger partial charge on any atom is -0.329 e. The molecule has 0 spiro atoms. The fourth-order valence-corrected chi connectivity index (χ4v) is 3.51. The second kappa shape index (κ2) is 4.97. The molecule has 3 rings (SSSR count). The number of halogens is 1. The maximum atomic E-state index is 6.00. The predicted octanol–water partition coefficient (Wildman–Crippen LogP) is 1.51. The molecular weight excluding hydrogens is 270 g/mol. The number of fused-ring (bicyclic) bond motifs is 1. The highest BCUT2D eigenvalue weighted by Crippen LogP contribution is 2.31. The first-order valence-electron chi connectivity index (χ1n) is 5.84. The Morgan fingerprint density at radius 3 is 3.06 bits per heavy atom. The molecule has 2 aromatic heterocycles. The van der Waals surface area contributed by atoms with E-state index in [9.17, 15) is 0 Å². The molecule has 1 aliphatic heterocycles. The SMILES string of the molecule is NCC(c1ccc(Cl)s1)N1CCn2cnnc2C1. The summed E-state index contributed by atoms with van der Waals surface area (Å²) >= 11 is 7.60. The maximum Gasteiger partial charge on any atom is 0.147 e. The summed E-state index contributed by atoms with van der Waals surface area (Å²) < 4.78 is 2.90. The third-order valence-corrected chi connectivity index (χ3v) is 4.59. The van der Waals surface area contributed by atoms with E-state index in [0.29, 0.717) is 6.54 Å². The minimum atomic E-state index is 0.216. The summed E-state index contributed by atoms with van der Waals surface area (Å²) in [5, 5.41) is 8.07. The highest BCUT2D eigenvalue weighted by atomic mass is 35.5. The molecule has 0 saturated carbocycles. The molecule has 96 valence electrons. The third-order valence-electron chi connectivity index (χ3n) is 3.25. The molecular formula is C11H14ClN5S. The number of thiophene rings is 1. The second-order valence-corrected chi connectivity index (χ2v) is 6.05. The van der Waals surface area contributed by atoms with Crippen LogP contribution in [-0.2, 0) is 13.1 Å². The van der Waals surface area contributed by atoms with Crippen LogP contribution in [0, 0.1) is 0 Å². The fourth-order valence-electron chi connectivity index (χ4n) is 2.30. The van der Waals surface area contributed by atoms with E-state index < -0.39 is 0 Å². The number of nitrogens with two attached hydrogens (primary N) is 1. The normalized spacial score (nSPS) is 17.7. The van der Waals surface area contributed by atoms with Crippen molar-refractivity contribution in [1.29, 1.82) is 0 Å². The Bertz CT molecular complexity index is 537. The van der Waals surface area contributed by atoms with Crippen molar-refractivity contribution in [2.45, 2.75) is 19.1 Å². The van der Waals surface area contributed by atoms with Gasteiger partial charge in [-0.25, -0.2) is 0 Å². The monoisotopic (exact) mass is 283 g/mol. The zero-order valence-corrected chi connectivity index (χ0v) is 11.4. The number of hydrogen-bond donors (Lipinski definition) is 1. The molecule has 0 fully saturated rings. The summed E-state index contributed by atoms with van der Waals surface area (Å²) in [7, 11) is 0. The molecule has 2 N–H and O–H groups in total. The van der Waals surface area contributed by atoms with Crippen molar-refractivity contribution in [2.24, 2.45) is 5.73 Å². The summed E-state index contributed by atoms with van der Waals surface area (Å²) in [5.41, 5.74) is 5.92. The number of aromatic nitrogens is 3. The molecule has 0 saturated heterocycles. The predicted molar refractivity (Wildman–Crippen MR) is 71.6 cm³/mol. The van der Waals surface area contributed by atoms with Gasteiger partial charge in [0.2, 0.25) is 0 Å². The topological polar surface area (TPSA) is 60.0 Å². The number of hydrogen-bond acceptors (Lipinski definition) is 5. The molecule has 0 radical (unpaired) electrons. The average molecular weight is 284 g/mol. The molecule has 1 aliphatic rings. The van der Waals surface area contributed by atoms with Crippen molar-refractivity contribution in [3.63, 3.8) is 0 Å².